The first-order valence-electron chi connectivity index (χ1n) is 8.89. The van der Waals surface area contributed by atoms with E-state index in [2.05, 4.69) is 23.3 Å². The monoisotopic (exact) mass is 413 g/mol. The van der Waals surface area contributed by atoms with Gasteiger partial charge in [-0.15, -0.1) is 0 Å². The summed E-state index contributed by atoms with van der Waals surface area (Å²) in [5.41, 5.74) is 0.897. The van der Waals surface area contributed by atoms with E-state index >= 15 is 0 Å². The molecule has 9 heteroatoms. The van der Waals surface area contributed by atoms with Crippen LogP contribution in [-0.4, -0.2) is 61.8 Å². The third kappa shape index (κ3) is 4.76. The zero-order chi connectivity index (χ0) is 20.1. The van der Waals surface area contributed by atoms with Crippen LogP contribution in [0.15, 0.2) is 30.3 Å². The van der Waals surface area contributed by atoms with Crippen LogP contribution in [0.25, 0.3) is 0 Å². The zero-order valence-corrected chi connectivity index (χ0v) is 17.4. The largest absolute Gasteiger partial charge is 0.357 e. The summed E-state index contributed by atoms with van der Waals surface area (Å²) in [4.78, 5) is 25.2. The van der Waals surface area contributed by atoms with Gasteiger partial charge in [-0.25, -0.2) is 13.2 Å². The van der Waals surface area contributed by atoms with Crippen molar-refractivity contribution in [3.8, 4) is 0 Å². The SMILES string of the molecule is CNC(=O)[C@H](Cc1ccccc1)NC(=O)N1CCCC[C@@]1(CS)S(C)(=O)=O. The number of nitrogens with zero attached hydrogens (tertiary/aromatic N) is 1. The highest BCUT2D eigenvalue weighted by molar-refractivity contribution is 7.93. The number of hydrogen-bond acceptors (Lipinski definition) is 5. The molecule has 7 nitrogen and oxygen atoms in total. The molecule has 1 aromatic carbocycles. The number of hydrogen-bond donors (Lipinski definition) is 3. The smallest absolute Gasteiger partial charge is 0.319 e. The lowest BCUT2D eigenvalue weighted by molar-refractivity contribution is -0.122. The van der Waals surface area contributed by atoms with Gasteiger partial charge >= 0.3 is 6.03 Å². The number of rotatable bonds is 6. The molecule has 1 fully saturated rings. The predicted molar refractivity (Wildman–Crippen MR) is 109 cm³/mol. The third-order valence-electron chi connectivity index (χ3n) is 5.02. The molecule has 2 N–H and O–H groups in total. The molecule has 0 aliphatic carbocycles. The van der Waals surface area contributed by atoms with Gasteiger partial charge in [0.25, 0.3) is 0 Å². The van der Waals surface area contributed by atoms with E-state index in [1.165, 1.54) is 11.9 Å². The van der Waals surface area contributed by atoms with Crippen LogP contribution in [-0.2, 0) is 21.1 Å². The van der Waals surface area contributed by atoms with Crippen LogP contribution in [0.2, 0.25) is 0 Å². The van der Waals surface area contributed by atoms with Crippen molar-refractivity contribution >= 4 is 34.4 Å². The molecule has 1 saturated heterocycles. The zero-order valence-electron chi connectivity index (χ0n) is 15.6. The van der Waals surface area contributed by atoms with E-state index < -0.39 is 26.8 Å². The topological polar surface area (TPSA) is 95.6 Å². The molecule has 150 valence electrons. The minimum absolute atomic E-state index is 0.0164. The van der Waals surface area contributed by atoms with Crippen molar-refractivity contribution in [2.24, 2.45) is 0 Å². The number of benzene rings is 1. The number of sulfone groups is 1. The van der Waals surface area contributed by atoms with Gasteiger partial charge in [0.2, 0.25) is 5.91 Å². The molecule has 3 amide bonds. The molecular weight excluding hydrogens is 386 g/mol. The Bertz CT molecular complexity index is 770. The molecule has 1 aromatic rings. The second kappa shape index (κ2) is 8.97. The fraction of sp³-hybridized carbons (Fsp3) is 0.556. The Kier molecular flexibility index (Phi) is 7.16. The van der Waals surface area contributed by atoms with Crippen LogP contribution in [0.4, 0.5) is 4.79 Å². The van der Waals surface area contributed by atoms with E-state index in [4.69, 9.17) is 0 Å². The molecule has 0 saturated carbocycles. The maximum Gasteiger partial charge on any atom is 0.319 e. The number of piperidine rings is 1. The van der Waals surface area contributed by atoms with Crippen molar-refractivity contribution in [3.63, 3.8) is 0 Å². The summed E-state index contributed by atoms with van der Waals surface area (Å²) in [6.45, 7) is 0.311. The van der Waals surface area contributed by atoms with E-state index in [1.54, 1.807) is 0 Å². The lowest BCUT2D eigenvalue weighted by Crippen LogP contribution is -2.64. The highest BCUT2D eigenvalue weighted by Crippen LogP contribution is 2.34. The summed E-state index contributed by atoms with van der Waals surface area (Å²) in [6.07, 6.45) is 3.20. The highest BCUT2D eigenvalue weighted by Gasteiger charge is 2.49. The van der Waals surface area contributed by atoms with Crippen molar-refractivity contribution < 1.29 is 18.0 Å². The van der Waals surface area contributed by atoms with Gasteiger partial charge < -0.3 is 15.5 Å². The molecule has 1 aliphatic heterocycles. The fourth-order valence-corrected chi connectivity index (χ4v) is 5.78. The molecule has 0 radical (unpaired) electrons. The average Bonchev–Trinajstić information content (AvgIpc) is 2.66. The number of amides is 3. The summed E-state index contributed by atoms with van der Waals surface area (Å²) in [6, 6.07) is 7.98. The summed E-state index contributed by atoms with van der Waals surface area (Å²) in [5.74, 6) is -0.317. The number of likely N-dealkylation sites (N-methyl/N-ethyl adjacent to an activating group) is 1. The normalized spacial score (nSPS) is 21.4. The fourth-order valence-electron chi connectivity index (χ4n) is 3.42. The van der Waals surface area contributed by atoms with E-state index in [1.807, 2.05) is 30.3 Å². The Morgan fingerprint density at radius 1 is 1.26 bits per heavy atom. The minimum atomic E-state index is -3.56. The van der Waals surface area contributed by atoms with Crippen molar-refractivity contribution in [1.29, 1.82) is 0 Å². The number of urea groups is 1. The number of thiol groups is 1. The van der Waals surface area contributed by atoms with Crippen LogP contribution in [0.1, 0.15) is 24.8 Å². The van der Waals surface area contributed by atoms with Gasteiger partial charge in [0, 0.05) is 32.0 Å². The molecule has 0 bridgehead atoms. The van der Waals surface area contributed by atoms with Crippen LogP contribution >= 0.6 is 12.6 Å². The Morgan fingerprint density at radius 3 is 2.48 bits per heavy atom. The van der Waals surface area contributed by atoms with E-state index in [9.17, 15) is 18.0 Å². The van der Waals surface area contributed by atoms with E-state index in [-0.39, 0.29) is 11.7 Å². The number of carbonyl (C=O) groups is 2. The predicted octanol–water partition coefficient (Wildman–Crippen LogP) is 1.21. The average molecular weight is 414 g/mol. The van der Waals surface area contributed by atoms with Gasteiger partial charge in [-0.05, 0) is 24.8 Å². The van der Waals surface area contributed by atoms with Crippen molar-refractivity contribution in [1.82, 2.24) is 15.5 Å². The quantitative estimate of drug-likeness (QED) is 0.611. The van der Waals surface area contributed by atoms with Gasteiger partial charge in [0.15, 0.2) is 14.7 Å². The van der Waals surface area contributed by atoms with Gasteiger partial charge in [-0.3, -0.25) is 4.79 Å². The standard InChI is InChI=1S/C18H27N3O4S2/c1-19-16(22)15(12-14-8-4-3-5-9-14)20-17(23)21-11-7-6-10-18(21,13-26)27(2,24)25/h3-5,8-9,15,26H,6-7,10-13H2,1-2H3,(H,19,22)(H,20,23)/t15-,18-/m0/s1. The maximum absolute atomic E-state index is 13.0. The number of likely N-dealkylation sites (tertiary alicyclic amines) is 1. The maximum atomic E-state index is 13.0. The molecule has 27 heavy (non-hydrogen) atoms. The first-order chi connectivity index (χ1) is 12.7. The van der Waals surface area contributed by atoms with Gasteiger partial charge in [0.1, 0.15) is 6.04 Å². The lowest BCUT2D eigenvalue weighted by atomic mass is 10.0. The molecule has 1 heterocycles. The van der Waals surface area contributed by atoms with Crippen LogP contribution in [0, 0.1) is 0 Å². The Labute approximate surface area is 166 Å². The number of nitrogens with one attached hydrogen (secondary N) is 2. The summed E-state index contributed by atoms with van der Waals surface area (Å²) >= 11 is 4.25. The molecular formula is C18H27N3O4S2. The Hall–Kier alpha value is -1.74. The Morgan fingerprint density at radius 2 is 1.93 bits per heavy atom. The molecule has 0 unspecified atom stereocenters. The second-order valence-corrected chi connectivity index (χ2v) is 9.41. The molecule has 0 spiro atoms. The molecule has 2 atom stereocenters. The third-order valence-corrected chi connectivity index (χ3v) is 7.70. The summed E-state index contributed by atoms with van der Waals surface area (Å²) in [5, 5.41) is 5.28. The second-order valence-electron chi connectivity index (χ2n) is 6.79. The summed E-state index contributed by atoms with van der Waals surface area (Å²) < 4.78 is 24.9. The molecule has 1 aliphatic rings. The van der Waals surface area contributed by atoms with Crippen LogP contribution in [0.5, 0.6) is 0 Å². The lowest BCUT2D eigenvalue weighted by Gasteiger charge is -2.45. The van der Waals surface area contributed by atoms with Gasteiger partial charge in [0.05, 0.1) is 0 Å². The first-order valence-corrected chi connectivity index (χ1v) is 11.4. The van der Waals surface area contributed by atoms with Gasteiger partial charge in [-0.1, -0.05) is 30.3 Å². The minimum Gasteiger partial charge on any atom is -0.357 e. The molecule has 0 aromatic heterocycles. The van der Waals surface area contributed by atoms with Crippen molar-refractivity contribution in [2.45, 2.75) is 36.6 Å². The van der Waals surface area contributed by atoms with E-state index in [0.717, 1.165) is 11.8 Å². The van der Waals surface area contributed by atoms with E-state index in [0.29, 0.717) is 32.2 Å². The van der Waals surface area contributed by atoms with Crippen LogP contribution in [0.3, 0.4) is 0 Å². The van der Waals surface area contributed by atoms with Crippen molar-refractivity contribution in [2.75, 3.05) is 25.6 Å². The highest BCUT2D eigenvalue weighted by atomic mass is 32.2. The van der Waals surface area contributed by atoms with Gasteiger partial charge in [-0.2, -0.15) is 12.6 Å². The summed E-state index contributed by atoms with van der Waals surface area (Å²) in [7, 11) is -2.06. The van der Waals surface area contributed by atoms with Crippen molar-refractivity contribution in [3.05, 3.63) is 35.9 Å². The Balaban J connectivity index is 2.25. The molecule has 2 rings (SSSR count). The first kappa shape index (κ1) is 21.6. The number of carbonyl (C=O) groups excluding carboxylic acids is 2. The van der Waals surface area contributed by atoms with Crippen LogP contribution < -0.4 is 10.6 Å².